The van der Waals surface area contributed by atoms with E-state index in [0.29, 0.717) is 19.0 Å². The summed E-state index contributed by atoms with van der Waals surface area (Å²) in [4.78, 5) is 31.2. The predicted octanol–water partition coefficient (Wildman–Crippen LogP) is 3.33. The van der Waals surface area contributed by atoms with Crippen LogP contribution in [-0.2, 0) is 9.59 Å². The number of benzene rings is 1. The van der Waals surface area contributed by atoms with Gasteiger partial charge < -0.3 is 10.2 Å². The van der Waals surface area contributed by atoms with Gasteiger partial charge in [0.25, 0.3) is 0 Å². The Balaban J connectivity index is 1.44. The smallest absolute Gasteiger partial charge is 0.229 e. The van der Waals surface area contributed by atoms with Crippen LogP contribution in [-0.4, -0.2) is 34.3 Å². The quantitative estimate of drug-likeness (QED) is 0.930. The van der Waals surface area contributed by atoms with Crippen LogP contribution in [0.4, 0.5) is 5.69 Å². The minimum absolute atomic E-state index is 0.0514. The van der Waals surface area contributed by atoms with Crippen LogP contribution in [0.2, 0.25) is 0 Å². The Labute approximate surface area is 145 Å². The number of hydrogen-bond acceptors (Lipinski definition) is 4. The summed E-state index contributed by atoms with van der Waals surface area (Å²) in [6.07, 6.45) is 4.90. The largest absolute Gasteiger partial charge is 0.339 e. The SMILES string of the molecule is Cc1nc2ccc(NC(=O)C3CC(=O)N(C4CCCC4)C3)cc2s1. The number of thiazole rings is 1. The molecule has 2 fully saturated rings. The van der Waals surface area contributed by atoms with E-state index in [-0.39, 0.29) is 17.7 Å². The third-order valence-corrected chi connectivity index (χ3v) is 5.99. The maximum Gasteiger partial charge on any atom is 0.229 e. The first-order valence-electron chi connectivity index (χ1n) is 8.57. The van der Waals surface area contributed by atoms with Crippen molar-refractivity contribution in [3.63, 3.8) is 0 Å². The second-order valence-corrected chi connectivity index (χ2v) is 8.02. The van der Waals surface area contributed by atoms with Crippen molar-refractivity contribution in [3.05, 3.63) is 23.2 Å². The van der Waals surface area contributed by atoms with Gasteiger partial charge in [-0.3, -0.25) is 9.59 Å². The van der Waals surface area contributed by atoms with Gasteiger partial charge in [-0.1, -0.05) is 12.8 Å². The van der Waals surface area contributed by atoms with E-state index < -0.39 is 0 Å². The van der Waals surface area contributed by atoms with Gasteiger partial charge in [0, 0.05) is 24.7 Å². The fourth-order valence-corrected chi connectivity index (χ4v) is 4.70. The molecule has 1 aromatic heterocycles. The van der Waals surface area contributed by atoms with E-state index in [1.165, 1.54) is 12.8 Å². The van der Waals surface area contributed by atoms with E-state index in [4.69, 9.17) is 0 Å². The predicted molar refractivity (Wildman–Crippen MR) is 95.1 cm³/mol. The van der Waals surface area contributed by atoms with E-state index in [1.807, 2.05) is 30.0 Å². The van der Waals surface area contributed by atoms with Crippen LogP contribution in [0.3, 0.4) is 0 Å². The van der Waals surface area contributed by atoms with Crippen LogP contribution in [0.15, 0.2) is 18.2 Å². The van der Waals surface area contributed by atoms with Crippen molar-refractivity contribution < 1.29 is 9.59 Å². The third-order valence-electron chi connectivity index (χ3n) is 5.06. The number of aryl methyl sites for hydroxylation is 1. The highest BCUT2D eigenvalue weighted by atomic mass is 32.1. The molecule has 1 unspecified atom stereocenters. The number of anilines is 1. The second-order valence-electron chi connectivity index (χ2n) is 6.79. The Morgan fingerprint density at radius 3 is 2.92 bits per heavy atom. The first kappa shape index (κ1) is 15.6. The molecule has 1 aliphatic carbocycles. The highest BCUT2D eigenvalue weighted by Gasteiger charge is 2.38. The Hall–Kier alpha value is -1.95. The summed E-state index contributed by atoms with van der Waals surface area (Å²) in [6.45, 7) is 2.54. The lowest BCUT2D eigenvalue weighted by molar-refractivity contribution is -0.129. The molecule has 2 amide bonds. The number of carbonyl (C=O) groups excluding carboxylic acids is 2. The molecule has 24 heavy (non-hydrogen) atoms. The van der Waals surface area contributed by atoms with Crippen molar-refractivity contribution >= 4 is 39.1 Å². The summed E-state index contributed by atoms with van der Waals surface area (Å²) < 4.78 is 1.07. The van der Waals surface area contributed by atoms with Gasteiger partial charge in [-0.2, -0.15) is 0 Å². The third kappa shape index (κ3) is 2.90. The Kier molecular flexibility index (Phi) is 4.00. The van der Waals surface area contributed by atoms with Crippen molar-refractivity contribution in [2.75, 3.05) is 11.9 Å². The number of fused-ring (bicyclic) bond motifs is 1. The monoisotopic (exact) mass is 343 g/mol. The molecule has 1 saturated heterocycles. The highest BCUT2D eigenvalue weighted by molar-refractivity contribution is 7.18. The molecule has 0 radical (unpaired) electrons. The second kappa shape index (κ2) is 6.16. The van der Waals surface area contributed by atoms with Gasteiger partial charge in [0.2, 0.25) is 11.8 Å². The molecule has 0 bridgehead atoms. The molecule has 1 aliphatic heterocycles. The highest BCUT2D eigenvalue weighted by Crippen LogP contribution is 2.30. The topological polar surface area (TPSA) is 62.3 Å². The fraction of sp³-hybridized carbons (Fsp3) is 0.500. The molecule has 1 saturated carbocycles. The van der Waals surface area contributed by atoms with Gasteiger partial charge >= 0.3 is 0 Å². The number of carbonyl (C=O) groups is 2. The molecule has 2 aromatic rings. The maximum absolute atomic E-state index is 12.6. The minimum Gasteiger partial charge on any atom is -0.339 e. The zero-order chi connectivity index (χ0) is 16.7. The fourth-order valence-electron chi connectivity index (χ4n) is 3.84. The van der Waals surface area contributed by atoms with Gasteiger partial charge in [-0.15, -0.1) is 11.3 Å². The maximum atomic E-state index is 12.6. The molecule has 5 nitrogen and oxygen atoms in total. The van der Waals surface area contributed by atoms with Crippen LogP contribution < -0.4 is 5.32 Å². The molecule has 2 aliphatic rings. The van der Waals surface area contributed by atoms with Gasteiger partial charge in [-0.05, 0) is 38.0 Å². The summed E-state index contributed by atoms with van der Waals surface area (Å²) in [5.74, 6) is -0.156. The number of likely N-dealkylation sites (tertiary alicyclic amines) is 1. The van der Waals surface area contributed by atoms with Gasteiger partial charge in [0.1, 0.15) is 0 Å². The average Bonchev–Trinajstić information content (AvgIpc) is 3.25. The molecule has 0 spiro atoms. The van der Waals surface area contributed by atoms with Crippen LogP contribution in [0.25, 0.3) is 10.2 Å². The Morgan fingerprint density at radius 1 is 1.33 bits per heavy atom. The zero-order valence-electron chi connectivity index (χ0n) is 13.7. The molecule has 1 aromatic carbocycles. The summed E-state index contributed by atoms with van der Waals surface area (Å²) >= 11 is 1.62. The number of rotatable bonds is 3. The van der Waals surface area contributed by atoms with E-state index in [0.717, 1.165) is 33.8 Å². The summed E-state index contributed by atoms with van der Waals surface area (Å²) in [7, 11) is 0. The van der Waals surface area contributed by atoms with E-state index >= 15 is 0 Å². The van der Waals surface area contributed by atoms with Gasteiger partial charge in [0.05, 0.1) is 21.1 Å². The number of aromatic nitrogens is 1. The van der Waals surface area contributed by atoms with Crippen molar-refractivity contribution in [1.82, 2.24) is 9.88 Å². The van der Waals surface area contributed by atoms with Crippen molar-refractivity contribution in [2.24, 2.45) is 5.92 Å². The van der Waals surface area contributed by atoms with Crippen molar-refractivity contribution in [1.29, 1.82) is 0 Å². The summed E-state index contributed by atoms with van der Waals surface area (Å²) in [6, 6.07) is 6.12. The lowest BCUT2D eigenvalue weighted by Crippen LogP contribution is -2.35. The number of nitrogens with one attached hydrogen (secondary N) is 1. The lowest BCUT2D eigenvalue weighted by Gasteiger charge is -2.23. The Morgan fingerprint density at radius 2 is 2.12 bits per heavy atom. The molecule has 1 atom stereocenters. The molecular weight excluding hydrogens is 322 g/mol. The molecular formula is C18H21N3O2S. The van der Waals surface area contributed by atoms with Crippen molar-refractivity contribution in [2.45, 2.75) is 45.1 Å². The van der Waals surface area contributed by atoms with Crippen LogP contribution in [0.1, 0.15) is 37.1 Å². The van der Waals surface area contributed by atoms with Gasteiger partial charge in [-0.25, -0.2) is 4.98 Å². The van der Waals surface area contributed by atoms with Crippen LogP contribution >= 0.6 is 11.3 Å². The van der Waals surface area contributed by atoms with E-state index in [9.17, 15) is 9.59 Å². The molecule has 2 heterocycles. The normalized spacial score (nSPS) is 21.8. The number of hydrogen-bond donors (Lipinski definition) is 1. The first-order chi connectivity index (χ1) is 11.6. The zero-order valence-corrected chi connectivity index (χ0v) is 14.6. The summed E-state index contributed by atoms with van der Waals surface area (Å²) in [5.41, 5.74) is 1.74. The standard InChI is InChI=1S/C18H21N3O2S/c1-11-19-15-7-6-13(9-16(15)24-11)20-18(23)12-8-17(22)21(10-12)14-4-2-3-5-14/h6-7,9,12,14H,2-5,8,10H2,1H3,(H,20,23). The van der Waals surface area contributed by atoms with Gasteiger partial charge in [0.15, 0.2) is 0 Å². The van der Waals surface area contributed by atoms with E-state index in [2.05, 4.69) is 10.3 Å². The minimum atomic E-state index is -0.239. The molecule has 6 heteroatoms. The summed E-state index contributed by atoms with van der Waals surface area (Å²) in [5, 5.41) is 3.99. The first-order valence-corrected chi connectivity index (χ1v) is 9.39. The van der Waals surface area contributed by atoms with Crippen LogP contribution in [0.5, 0.6) is 0 Å². The average molecular weight is 343 g/mol. The number of nitrogens with zero attached hydrogens (tertiary/aromatic N) is 2. The lowest BCUT2D eigenvalue weighted by atomic mass is 10.1. The molecule has 126 valence electrons. The van der Waals surface area contributed by atoms with E-state index in [1.54, 1.807) is 11.3 Å². The number of amides is 2. The molecule has 1 N–H and O–H groups in total. The van der Waals surface area contributed by atoms with Crippen molar-refractivity contribution in [3.8, 4) is 0 Å². The van der Waals surface area contributed by atoms with Crippen LogP contribution in [0, 0.1) is 12.8 Å². The molecule has 4 rings (SSSR count). The Bertz CT molecular complexity index is 795.